The molecule has 110 valence electrons. The second kappa shape index (κ2) is 6.66. The van der Waals surface area contributed by atoms with E-state index in [4.69, 9.17) is 0 Å². The molecule has 0 atom stereocenters. The van der Waals surface area contributed by atoms with Gasteiger partial charge >= 0.3 is 0 Å². The van der Waals surface area contributed by atoms with E-state index in [1.165, 1.54) is 25.9 Å². The second-order valence-corrected chi connectivity index (χ2v) is 5.88. The Labute approximate surface area is 120 Å². The number of hydrogen-bond donors (Lipinski definition) is 1. The number of halogens is 1. The van der Waals surface area contributed by atoms with Crippen LogP contribution in [0.3, 0.4) is 0 Å². The van der Waals surface area contributed by atoms with Crippen LogP contribution in [0.15, 0.2) is 24.3 Å². The first-order valence-corrected chi connectivity index (χ1v) is 7.73. The Bertz CT molecular complexity index is 423. The Kier molecular flexibility index (Phi) is 4.65. The van der Waals surface area contributed by atoms with Crippen molar-refractivity contribution >= 4 is 0 Å². The fourth-order valence-corrected chi connectivity index (χ4v) is 3.36. The molecule has 0 unspecified atom stereocenters. The van der Waals surface area contributed by atoms with Crippen molar-refractivity contribution in [3.05, 3.63) is 35.6 Å². The quantitative estimate of drug-likeness (QED) is 0.907. The normalized spacial score (nSPS) is 23.1. The van der Waals surface area contributed by atoms with Gasteiger partial charge in [-0.3, -0.25) is 9.80 Å². The number of piperazine rings is 1. The number of nitrogens with one attached hydrogen (secondary N) is 1. The number of nitrogens with zero attached hydrogens (tertiary/aromatic N) is 2. The molecule has 20 heavy (non-hydrogen) atoms. The van der Waals surface area contributed by atoms with E-state index in [1.807, 2.05) is 12.1 Å². The lowest BCUT2D eigenvalue weighted by Gasteiger charge is -2.40. The maximum Gasteiger partial charge on any atom is 0.127 e. The Balaban J connectivity index is 1.50. The van der Waals surface area contributed by atoms with Crippen LogP contribution in [0.5, 0.6) is 0 Å². The molecule has 1 aromatic carbocycles. The van der Waals surface area contributed by atoms with Crippen molar-refractivity contribution in [3.63, 3.8) is 0 Å². The zero-order valence-electron chi connectivity index (χ0n) is 12.0. The average molecular weight is 277 g/mol. The summed E-state index contributed by atoms with van der Waals surface area (Å²) in [4.78, 5) is 5.01. The first kappa shape index (κ1) is 14.0. The van der Waals surface area contributed by atoms with Crippen LogP contribution in [-0.2, 0) is 6.54 Å². The van der Waals surface area contributed by atoms with Crippen molar-refractivity contribution in [1.82, 2.24) is 15.1 Å². The SMILES string of the molecule is Fc1ccccc1CN1CCC(N2CCNCC2)CC1. The monoisotopic (exact) mass is 277 g/mol. The summed E-state index contributed by atoms with van der Waals surface area (Å²) in [5.41, 5.74) is 0.827. The lowest BCUT2D eigenvalue weighted by molar-refractivity contribution is 0.0943. The molecule has 1 N–H and O–H groups in total. The molecule has 2 heterocycles. The zero-order chi connectivity index (χ0) is 13.8. The molecular formula is C16H24FN3. The summed E-state index contributed by atoms with van der Waals surface area (Å²) in [5, 5.41) is 3.41. The molecule has 3 nitrogen and oxygen atoms in total. The summed E-state index contributed by atoms with van der Waals surface area (Å²) in [5.74, 6) is -0.0725. The Morgan fingerprint density at radius 3 is 2.45 bits per heavy atom. The highest BCUT2D eigenvalue weighted by atomic mass is 19.1. The van der Waals surface area contributed by atoms with Gasteiger partial charge in [0, 0.05) is 44.3 Å². The molecule has 0 bridgehead atoms. The minimum absolute atomic E-state index is 0.0725. The van der Waals surface area contributed by atoms with Gasteiger partial charge in [0.15, 0.2) is 0 Å². The van der Waals surface area contributed by atoms with Crippen LogP contribution in [0.25, 0.3) is 0 Å². The van der Waals surface area contributed by atoms with Gasteiger partial charge in [-0.15, -0.1) is 0 Å². The number of piperidine rings is 1. The van der Waals surface area contributed by atoms with Crippen molar-refractivity contribution in [2.75, 3.05) is 39.3 Å². The topological polar surface area (TPSA) is 18.5 Å². The Morgan fingerprint density at radius 1 is 1.05 bits per heavy atom. The van der Waals surface area contributed by atoms with Crippen molar-refractivity contribution in [2.45, 2.75) is 25.4 Å². The lowest BCUT2D eigenvalue weighted by atomic mass is 10.0. The van der Waals surface area contributed by atoms with E-state index >= 15 is 0 Å². The van der Waals surface area contributed by atoms with Crippen LogP contribution >= 0.6 is 0 Å². The highest BCUT2D eigenvalue weighted by Crippen LogP contribution is 2.19. The van der Waals surface area contributed by atoms with E-state index in [2.05, 4.69) is 15.1 Å². The fourth-order valence-electron chi connectivity index (χ4n) is 3.36. The van der Waals surface area contributed by atoms with Gasteiger partial charge in [-0.2, -0.15) is 0 Å². The van der Waals surface area contributed by atoms with Gasteiger partial charge in [-0.1, -0.05) is 18.2 Å². The van der Waals surface area contributed by atoms with Crippen molar-refractivity contribution in [3.8, 4) is 0 Å². The van der Waals surface area contributed by atoms with Gasteiger partial charge in [-0.05, 0) is 32.0 Å². The molecule has 0 saturated carbocycles. The van der Waals surface area contributed by atoms with Crippen LogP contribution < -0.4 is 5.32 Å². The largest absolute Gasteiger partial charge is 0.314 e. The Morgan fingerprint density at radius 2 is 1.75 bits per heavy atom. The minimum atomic E-state index is -0.0725. The van der Waals surface area contributed by atoms with Gasteiger partial charge in [0.2, 0.25) is 0 Å². The summed E-state index contributed by atoms with van der Waals surface area (Å²) < 4.78 is 13.7. The van der Waals surface area contributed by atoms with E-state index < -0.39 is 0 Å². The van der Waals surface area contributed by atoms with E-state index in [9.17, 15) is 4.39 Å². The standard InChI is InChI=1S/C16H24FN3/c17-16-4-2-1-3-14(16)13-19-9-5-15(6-10-19)20-11-7-18-8-12-20/h1-4,15,18H,5-13H2. The van der Waals surface area contributed by atoms with E-state index in [-0.39, 0.29) is 5.82 Å². The molecule has 2 saturated heterocycles. The highest BCUT2D eigenvalue weighted by Gasteiger charge is 2.25. The maximum atomic E-state index is 13.7. The van der Waals surface area contributed by atoms with Gasteiger partial charge in [0.1, 0.15) is 5.82 Å². The molecule has 1 aromatic rings. The molecule has 0 amide bonds. The van der Waals surface area contributed by atoms with Gasteiger partial charge in [0.05, 0.1) is 0 Å². The molecule has 4 heteroatoms. The summed E-state index contributed by atoms with van der Waals surface area (Å²) in [6, 6.07) is 7.87. The molecule has 2 fully saturated rings. The predicted octanol–water partition coefficient (Wildman–Crippen LogP) is 1.70. The third-order valence-corrected chi connectivity index (χ3v) is 4.58. The van der Waals surface area contributed by atoms with Crippen LogP contribution in [0.2, 0.25) is 0 Å². The number of hydrogen-bond acceptors (Lipinski definition) is 3. The maximum absolute atomic E-state index is 13.7. The van der Waals surface area contributed by atoms with E-state index in [0.717, 1.165) is 44.3 Å². The highest BCUT2D eigenvalue weighted by molar-refractivity contribution is 5.17. The minimum Gasteiger partial charge on any atom is -0.314 e. The predicted molar refractivity (Wildman–Crippen MR) is 79.1 cm³/mol. The number of rotatable bonds is 3. The molecule has 0 radical (unpaired) electrons. The molecule has 0 aliphatic carbocycles. The van der Waals surface area contributed by atoms with E-state index in [0.29, 0.717) is 0 Å². The third-order valence-electron chi connectivity index (χ3n) is 4.58. The fraction of sp³-hybridized carbons (Fsp3) is 0.625. The summed E-state index contributed by atoms with van der Waals surface area (Å²) in [6.45, 7) is 7.52. The Hall–Kier alpha value is -0.970. The second-order valence-electron chi connectivity index (χ2n) is 5.88. The summed E-state index contributed by atoms with van der Waals surface area (Å²) in [6.07, 6.45) is 2.43. The first-order chi connectivity index (χ1) is 9.83. The third kappa shape index (κ3) is 3.37. The summed E-state index contributed by atoms with van der Waals surface area (Å²) in [7, 11) is 0. The van der Waals surface area contributed by atoms with Crippen LogP contribution in [-0.4, -0.2) is 55.1 Å². The molecule has 2 aliphatic rings. The van der Waals surface area contributed by atoms with Crippen LogP contribution in [0.4, 0.5) is 4.39 Å². The van der Waals surface area contributed by atoms with Crippen molar-refractivity contribution in [1.29, 1.82) is 0 Å². The first-order valence-electron chi connectivity index (χ1n) is 7.73. The molecule has 0 aromatic heterocycles. The van der Waals surface area contributed by atoms with Crippen molar-refractivity contribution < 1.29 is 4.39 Å². The lowest BCUT2D eigenvalue weighted by Crippen LogP contribution is -2.51. The zero-order valence-corrected chi connectivity index (χ0v) is 12.0. The van der Waals surface area contributed by atoms with Gasteiger partial charge in [0.25, 0.3) is 0 Å². The molecule has 3 rings (SSSR count). The summed E-state index contributed by atoms with van der Waals surface area (Å²) >= 11 is 0. The van der Waals surface area contributed by atoms with Crippen LogP contribution in [0, 0.1) is 5.82 Å². The number of likely N-dealkylation sites (tertiary alicyclic amines) is 1. The van der Waals surface area contributed by atoms with E-state index in [1.54, 1.807) is 12.1 Å². The van der Waals surface area contributed by atoms with Gasteiger partial charge < -0.3 is 5.32 Å². The number of benzene rings is 1. The molecule has 0 spiro atoms. The smallest absolute Gasteiger partial charge is 0.127 e. The average Bonchev–Trinajstić information content (AvgIpc) is 2.51. The molecule has 2 aliphatic heterocycles. The van der Waals surface area contributed by atoms with Crippen LogP contribution in [0.1, 0.15) is 18.4 Å². The van der Waals surface area contributed by atoms with Crippen molar-refractivity contribution in [2.24, 2.45) is 0 Å². The molecular weight excluding hydrogens is 253 g/mol. The van der Waals surface area contributed by atoms with Gasteiger partial charge in [-0.25, -0.2) is 4.39 Å².